The number of halogens is 1. The van der Waals surface area contributed by atoms with Gasteiger partial charge in [-0.2, -0.15) is 0 Å². The predicted octanol–water partition coefficient (Wildman–Crippen LogP) is 2.43. The third kappa shape index (κ3) is 4.95. The monoisotopic (exact) mass is 239 g/mol. The van der Waals surface area contributed by atoms with E-state index in [1.54, 1.807) is 12.1 Å². The number of hydrogen-bond acceptors (Lipinski definition) is 2. The molecule has 0 radical (unpaired) electrons. The van der Waals surface area contributed by atoms with Crippen LogP contribution in [0, 0.1) is 5.82 Å². The van der Waals surface area contributed by atoms with Gasteiger partial charge in [-0.25, -0.2) is 4.39 Å². The lowest BCUT2D eigenvalue weighted by Crippen LogP contribution is -2.30. The summed E-state index contributed by atoms with van der Waals surface area (Å²) < 4.78 is 18.1. The molecule has 0 fully saturated rings. The predicted molar refractivity (Wildman–Crippen MR) is 64.1 cm³/mol. The van der Waals surface area contributed by atoms with Gasteiger partial charge in [-0.3, -0.25) is 4.79 Å². The quantitative estimate of drug-likeness (QED) is 0.774. The van der Waals surface area contributed by atoms with Crippen molar-refractivity contribution >= 4 is 5.91 Å². The standard InChI is InChI=1S/C13H18FNO2/c1-3-7-17-9-13(16)15-10(2)11-5-4-6-12(14)8-11/h4-6,8,10H,3,7,9H2,1-2H3,(H,15,16)/t10-/m1/s1. The minimum atomic E-state index is -0.300. The molecule has 4 heteroatoms. The van der Waals surface area contributed by atoms with E-state index >= 15 is 0 Å². The number of ether oxygens (including phenoxy) is 1. The van der Waals surface area contributed by atoms with Crippen LogP contribution in [0.4, 0.5) is 4.39 Å². The Morgan fingerprint density at radius 2 is 2.29 bits per heavy atom. The van der Waals surface area contributed by atoms with Crippen LogP contribution in [0.15, 0.2) is 24.3 Å². The van der Waals surface area contributed by atoms with E-state index in [0.29, 0.717) is 6.61 Å². The maximum atomic E-state index is 13.0. The lowest BCUT2D eigenvalue weighted by atomic mass is 10.1. The zero-order chi connectivity index (χ0) is 12.7. The zero-order valence-electron chi connectivity index (χ0n) is 10.2. The molecule has 0 unspecified atom stereocenters. The number of carbonyl (C=O) groups excluding carboxylic acids is 1. The van der Waals surface area contributed by atoms with E-state index in [4.69, 9.17) is 4.74 Å². The topological polar surface area (TPSA) is 38.3 Å². The van der Waals surface area contributed by atoms with Crippen LogP contribution in [0.25, 0.3) is 0 Å². The number of benzene rings is 1. The van der Waals surface area contributed by atoms with E-state index in [1.165, 1.54) is 12.1 Å². The first-order valence-electron chi connectivity index (χ1n) is 5.76. The minimum Gasteiger partial charge on any atom is -0.372 e. The van der Waals surface area contributed by atoms with Gasteiger partial charge in [0.25, 0.3) is 0 Å². The van der Waals surface area contributed by atoms with Crippen molar-refractivity contribution in [3.05, 3.63) is 35.6 Å². The van der Waals surface area contributed by atoms with Crippen molar-refractivity contribution in [3.8, 4) is 0 Å². The van der Waals surface area contributed by atoms with Gasteiger partial charge in [0, 0.05) is 6.61 Å². The summed E-state index contributed by atoms with van der Waals surface area (Å²) in [6.07, 6.45) is 0.882. The number of carbonyl (C=O) groups is 1. The van der Waals surface area contributed by atoms with Gasteiger partial charge in [-0.05, 0) is 31.0 Å². The van der Waals surface area contributed by atoms with Crippen molar-refractivity contribution in [2.24, 2.45) is 0 Å². The van der Waals surface area contributed by atoms with E-state index < -0.39 is 0 Å². The van der Waals surface area contributed by atoms with Gasteiger partial charge in [-0.1, -0.05) is 19.1 Å². The molecule has 1 aromatic carbocycles. The van der Waals surface area contributed by atoms with E-state index in [0.717, 1.165) is 12.0 Å². The molecular formula is C13H18FNO2. The fraction of sp³-hybridized carbons (Fsp3) is 0.462. The van der Waals surface area contributed by atoms with Crippen LogP contribution < -0.4 is 5.32 Å². The summed E-state index contributed by atoms with van der Waals surface area (Å²) in [5.41, 5.74) is 0.744. The SMILES string of the molecule is CCCOCC(=O)N[C@H](C)c1cccc(F)c1. The van der Waals surface area contributed by atoms with Crippen LogP contribution in [0.3, 0.4) is 0 Å². The van der Waals surface area contributed by atoms with Gasteiger partial charge in [0.15, 0.2) is 0 Å². The Morgan fingerprint density at radius 1 is 1.53 bits per heavy atom. The molecule has 0 bridgehead atoms. The molecule has 0 saturated heterocycles. The molecule has 0 aliphatic carbocycles. The molecule has 0 aliphatic rings. The minimum absolute atomic E-state index is 0.0491. The van der Waals surface area contributed by atoms with Crippen molar-refractivity contribution in [2.75, 3.05) is 13.2 Å². The Morgan fingerprint density at radius 3 is 2.94 bits per heavy atom. The number of amides is 1. The summed E-state index contributed by atoms with van der Waals surface area (Å²) >= 11 is 0. The highest BCUT2D eigenvalue weighted by Crippen LogP contribution is 2.13. The molecule has 0 aliphatic heterocycles. The molecule has 0 spiro atoms. The van der Waals surface area contributed by atoms with Crippen LogP contribution in [-0.2, 0) is 9.53 Å². The first-order valence-corrected chi connectivity index (χ1v) is 5.76. The number of hydrogen-bond donors (Lipinski definition) is 1. The van der Waals surface area contributed by atoms with Crippen LogP contribution >= 0.6 is 0 Å². The van der Waals surface area contributed by atoms with E-state index in [9.17, 15) is 9.18 Å². The summed E-state index contributed by atoms with van der Waals surface area (Å²) in [5, 5.41) is 2.75. The summed E-state index contributed by atoms with van der Waals surface area (Å²) in [5.74, 6) is -0.485. The van der Waals surface area contributed by atoms with Gasteiger partial charge in [0.05, 0.1) is 6.04 Å². The first kappa shape index (κ1) is 13.6. The molecule has 1 aromatic rings. The second-order valence-electron chi connectivity index (χ2n) is 3.90. The van der Waals surface area contributed by atoms with Crippen LogP contribution in [0.2, 0.25) is 0 Å². The van der Waals surface area contributed by atoms with Crippen LogP contribution in [0.1, 0.15) is 31.9 Å². The number of nitrogens with one attached hydrogen (secondary N) is 1. The van der Waals surface area contributed by atoms with Crippen LogP contribution in [0.5, 0.6) is 0 Å². The maximum absolute atomic E-state index is 13.0. The molecule has 1 N–H and O–H groups in total. The fourth-order valence-corrected chi connectivity index (χ4v) is 1.45. The van der Waals surface area contributed by atoms with Crippen molar-refractivity contribution < 1.29 is 13.9 Å². The number of rotatable bonds is 6. The molecule has 3 nitrogen and oxygen atoms in total. The molecule has 0 saturated carbocycles. The third-order valence-electron chi connectivity index (χ3n) is 2.31. The fourth-order valence-electron chi connectivity index (χ4n) is 1.45. The van der Waals surface area contributed by atoms with Crippen molar-refractivity contribution in [1.29, 1.82) is 0 Å². The van der Waals surface area contributed by atoms with E-state index in [1.807, 2.05) is 13.8 Å². The lowest BCUT2D eigenvalue weighted by molar-refractivity contribution is -0.126. The highest BCUT2D eigenvalue weighted by Gasteiger charge is 2.09. The Balaban J connectivity index is 2.43. The van der Waals surface area contributed by atoms with E-state index in [2.05, 4.69) is 5.32 Å². The smallest absolute Gasteiger partial charge is 0.246 e. The molecular weight excluding hydrogens is 221 g/mol. The molecule has 0 heterocycles. The summed E-state index contributed by atoms with van der Waals surface area (Å²) in [6.45, 7) is 4.41. The Kier molecular flexibility index (Phi) is 5.63. The Labute approximate surface area is 101 Å². The summed E-state index contributed by atoms with van der Waals surface area (Å²) in [6, 6.07) is 5.98. The third-order valence-corrected chi connectivity index (χ3v) is 2.31. The molecule has 1 atom stereocenters. The van der Waals surface area contributed by atoms with Gasteiger partial charge >= 0.3 is 0 Å². The van der Waals surface area contributed by atoms with Crippen molar-refractivity contribution in [1.82, 2.24) is 5.32 Å². The molecule has 1 amide bonds. The highest BCUT2D eigenvalue weighted by atomic mass is 19.1. The molecule has 0 aromatic heterocycles. The Hall–Kier alpha value is -1.42. The first-order chi connectivity index (χ1) is 8.13. The second kappa shape index (κ2) is 7.01. The van der Waals surface area contributed by atoms with E-state index in [-0.39, 0.29) is 24.4 Å². The highest BCUT2D eigenvalue weighted by molar-refractivity contribution is 5.77. The van der Waals surface area contributed by atoms with Gasteiger partial charge in [0.1, 0.15) is 12.4 Å². The van der Waals surface area contributed by atoms with Crippen molar-refractivity contribution in [2.45, 2.75) is 26.3 Å². The Bertz CT molecular complexity index is 368. The lowest BCUT2D eigenvalue weighted by Gasteiger charge is -2.14. The van der Waals surface area contributed by atoms with Crippen LogP contribution in [-0.4, -0.2) is 19.1 Å². The zero-order valence-corrected chi connectivity index (χ0v) is 10.2. The average molecular weight is 239 g/mol. The summed E-state index contributed by atoms with van der Waals surface area (Å²) in [4.78, 5) is 11.5. The largest absolute Gasteiger partial charge is 0.372 e. The summed E-state index contributed by atoms with van der Waals surface area (Å²) in [7, 11) is 0. The van der Waals surface area contributed by atoms with Crippen molar-refractivity contribution in [3.63, 3.8) is 0 Å². The van der Waals surface area contributed by atoms with Gasteiger partial charge < -0.3 is 10.1 Å². The molecule has 1 rings (SSSR count). The molecule has 94 valence electrons. The average Bonchev–Trinajstić information content (AvgIpc) is 2.29. The second-order valence-corrected chi connectivity index (χ2v) is 3.90. The maximum Gasteiger partial charge on any atom is 0.246 e. The van der Waals surface area contributed by atoms with Gasteiger partial charge in [0.2, 0.25) is 5.91 Å². The van der Waals surface area contributed by atoms with Gasteiger partial charge in [-0.15, -0.1) is 0 Å². The normalized spacial score (nSPS) is 12.2. The molecule has 17 heavy (non-hydrogen) atoms.